The first-order valence-electron chi connectivity index (χ1n) is 9.23. The van der Waals surface area contributed by atoms with Crippen LogP contribution in [0.4, 0.5) is 0 Å². The fourth-order valence-corrected chi connectivity index (χ4v) is 1.11. The van der Waals surface area contributed by atoms with Crippen LogP contribution in [-0.4, -0.2) is 0 Å². The van der Waals surface area contributed by atoms with Crippen molar-refractivity contribution in [1.29, 1.82) is 0 Å². The van der Waals surface area contributed by atoms with Crippen molar-refractivity contribution in [3.05, 3.63) is 60.7 Å². The monoisotopic (exact) mass is 336 g/mol. The van der Waals surface area contributed by atoms with Crippen LogP contribution in [0.1, 0.15) is 76.7 Å². The minimum absolute atomic E-state index is 0. The number of rotatable bonds is 2. The summed E-state index contributed by atoms with van der Waals surface area (Å²) in [5, 5.41) is 0. The van der Waals surface area contributed by atoms with Crippen LogP contribution in [0.2, 0.25) is 0 Å². The third-order valence-corrected chi connectivity index (χ3v) is 1.72. The van der Waals surface area contributed by atoms with Crippen molar-refractivity contribution in [3.63, 3.8) is 0 Å². The van der Waals surface area contributed by atoms with Crippen molar-refractivity contribution in [2.45, 2.75) is 76.7 Å². The summed E-state index contributed by atoms with van der Waals surface area (Å²) in [5.41, 5.74) is 0. The first-order chi connectivity index (χ1) is 11.4. The lowest BCUT2D eigenvalue weighted by atomic mass is 10.3. The zero-order valence-electron chi connectivity index (χ0n) is 17.2. The molecule has 0 heterocycles. The standard InChI is InChI=1S/C12H10O.5C2H6.CH4/c1-3-7-11(8-4-1)13-12-9-5-2-6-10-12;5*1-2;/h1-10H;5*1-2H3;1H4. The van der Waals surface area contributed by atoms with Gasteiger partial charge in [0.1, 0.15) is 11.5 Å². The Bertz CT molecular complexity index is 317. The first kappa shape index (κ1) is 33.8. The topological polar surface area (TPSA) is 9.23 Å². The highest BCUT2D eigenvalue weighted by molar-refractivity contribution is 5.30. The van der Waals surface area contributed by atoms with E-state index >= 15 is 0 Å². The van der Waals surface area contributed by atoms with Gasteiger partial charge in [0.15, 0.2) is 0 Å². The van der Waals surface area contributed by atoms with Crippen LogP contribution in [0.25, 0.3) is 0 Å². The van der Waals surface area contributed by atoms with E-state index in [1.807, 2.05) is 130 Å². The van der Waals surface area contributed by atoms with Gasteiger partial charge in [-0.3, -0.25) is 0 Å². The highest BCUT2D eigenvalue weighted by Gasteiger charge is 1.92. The second-order valence-electron chi connectivity index (χ2n) is 2.73. The van der Waals surface area contributed by atoms with E-state index in [0.29, 0.717) is 0 Å². The maximum Gasteiger partial charge on any atom is 0.127 e. The number of hydrogen-bond acceptors (Lipinski definition) is 1. The molecule has 2 aromatic carbocycles. The summed E-state index contributed by atoms with van der Waals surface area (Å²) < 4.78 is 5.58. The molecule has 0 spiro atoms. The van der Waals surface area contributed by atoms with Crippen molar-refractivity contribution in [2.24, 2.45) is 0 Å². The SMILES string of the molecule is C.CC.CC.CC.CC.CC.c1ccc(Oc2ccccc2)cc1. The van der Waals surface area contributed by atoms with Crippen LogP contribution in [0.5, 0.6) is 11.5 Å². The molecule has 0 N–H and O–H groups in total. The normalized spacial score (nSPS) is 6.42. The van der Waals surface area contributed by atoms with Crippen LogP contribution in [0, 0.1) is 0 Å². The van der Waals surface area contributed by atoms with E-state index in [9.17, 15) is 0 Å². The van der Waals surface area contributed by atoms with Gasteiger partial charge in [0, 0.05) is 0 Å². The fourth-order valence-electron chi connectivity index (χ4n) is 1.11. The zero-order chi connectivity index (χ0) is 18.9. The van der Waals surface area contributed by atoms with Gasteiger partial charge >= 0.3 is 0 Å². The lowest BCUT2D eigenvalue weighted by molar-refractivity contribution is 0.482. The minimum atomic E-state index is 0. The Kier molecular flexibility index (Phi) is 52.7. The number of ether oxygens (including phenoxy) is 1. The van der Waals surface area contributed by atoms with E-state index in [4.69, 9.17) is 4.74 Å². The van der Waals surface area contributed by atoms with Crippen LogP contribution in [0.3, 0.4) is 0 Å². The lowest BCUT2D eigenvalue weighted by Crippen LogP contribution is -1.81. The average molecular weight is 337 g/mol. The Morgan fingerprint density at radius 2 is 0.625 bits per heavy atom. The molecule has 0 aromatic heterocycles. The smallest absolute Gasteiger partial charge is 0.127 e. The summed E-state index contributed by atoms with van der Waals surface area (Å²) in [5.74, 6) is 1.74. The molecule has 0 atom stereocenters. The summed E-state index contributed by atoms with van der Waals surface area (Å²) in [7, 11) is 0. The molecular weight excluding hydrogens is 292 g/mol. The highest BCUT2D eigenvalue weighted by atomic mass is 16.5. The second-order valence-corrected chi connectivity index (χ2v) is 2.73. The molecule has 0 radical (unpaired) electrons. The van der Waals surface area contributed by atoms with Crippen molar-refractivity contribution in [3.8, 4) is 11.5 Å². The van der Waals surface area contributed by atoms with E-state index in [2.05, 4.69) is 0 Å². The molecule has 0 aliphatic rings. The van der Waals surface area contributed by atoms with E-state index in [1.165, 1.54) is 0 Å². The van der Waals surface area contributed by atoms with Gasteiger partial charge in [0.2, 0.25) is 0 Å². The molecule has 1 nitrogen and oxygen atoms in total. The fraction of sp³-hybridized carbons (Fsp3) is 0.478. The first-order valence-corrected chi connectivity index (χ1v) is 9.23. The predicted molar refractivity (Wildman–Crippen MR) is 116 cm³/mol. The molecule has 0 amide bonds. The third-order valence-electron chi connectivity index (χ3n) is 1.72. The van der Waals surface area contributed by atoms with Gasteiger partial charge in [-0.25, -0.2) is 0 Å². The van der Waals surface area contributed by atoms with Gasteiger partial charge in [-0.1, -0.05) is 113 Å². The Morgan fingerprint density at radius 3 is 0.833 bits per heavy atom. The van der Waals surface area contributed by atoms with Crippen molar-refractivity contribution in [2.75, 3.05) is 0 Å². The number of para-hydroxylation sites is 2. The Morgan fingerprint density at radius 1 is 0.417 bits per heavy atom. The zero-order valence-corrected chi connectivity index (χ0v) is 17.2. The largest absolute Gasteiger partial charge is 0.457 e. The van der Waals surface area contributed by atoms with Crippen molar-refractivity contribution in [1.82, 2.24) is 0 Å². The van der Waals surface area contributed by atoms with E-state index in [0.717, 1.165) is 11.5 Å². The minimum Gasteiger partial charge on any atom is -0.457 e. The Balaban J connectivity index is -0.0000000950. The third kappa shape index (κ3) is 22.5. The Hall–Kier alpha value is -1.76. The van der Waals surface area contributed by atoms with Gasteiger partial charge in [-0.05, 0) is 24.3 Å². The summed E-state index contributed by atoms with van der Waals surface area (Å²) in [6.45, 7) is 20.0. The van der Waals surface area contributed by atoms with E-state index in [1.54, 1.807) is 0 Å². The second kappa shape index (κ2) is 37.5. The van der Waals surface area contributed by atoms with Crippen molar-refractivity contribution < 1.29 is 4.74 Å². The molecule has 0 unspecified atom stereocenters. The van der Waals surface area contributed by atoms with Crippen LogP contribution < -0.4 is 4.74 Å². The number of hydrogen-bond donors (Lipinski definition) is 0. The summed E-state index contributed by atoms with van der Waals surface area (Å²) in [6, 6.07) is 19.5. The molecule has 0 bridgehead atoms. The van der Waals surface area contributed by atoms with Gasteiger partial charge in [-0.15, -0.1) is 0 Å². The van der Waals surface area contributed by atoms with Gasteiger partial charge in [0.05, 0.1) is 0 Å². The quantitative estimate of drug-likeness (QED) is 0.531. The molecule has 0 aliphatic heterocycles. The van der Waals surface area contributed by atoms with Gasteiger partial charge in [-0.2, -0.15) is 0 Å². The molecule has 0 saturated heterocycles. The van der Waals surface area contributed by atoms with Crippen LogP contribution in [-0.2, 0) is 0 Å². The highest BCUT2D eigenvalue weighted by Crippen LogP contribution is 2.19. The molecule has 0 fully saturated rings. The van der Waals surface area contributed by atoms with E-state index < -0.39 is 0 Å². The Labute approximate surface area is 154 Å². The molecular formula is C23H44O. The lowest BCUT2D eigenvalue weighted by Gasteiger charge is -2.03. The maximum absolute atomic E-state index is 5.58. The number of benzene rings is 2. The molecule has 24 heavy (non-hydrogen) atoms. The maximum atomic E-state index is 5.58. The summed E-state index contributed by atoms with van der Waals surface area (Å²) >= 11 is 0. The molecule has 2 rings (SSSR count). The van der Waals surface area contributed by atoms with Crippen molar-refractivity contribution >= 4 is 0 Å². The molecule has 2 aromatic rings. The molecule has 0 aliphatic carbocycles. The van der Waals surface area contributed by atoms with Crippen LogP contribution in [0.15, 0.2) is 60.7 Å². The predicted octanol–water partition coefficient (Wildman–Crippen LogP) is 9.25. The molecule has 0 saturated carbocycles. The summed E-state index contributed by atoms with van der Waals surface area (Å²) in [4.78, 5) is 0. The van der Waals surface area contributed by atoms with E-state index in [-0.39, 0.29) is 7.43 Å². The summed E-state index contributed by atoms with van der Waals surface area (Å²) in [6.07, 6.45) is 0. The molecule has 1 heteroatoms. The molecule has 142 valence electrons. The van der Waals surface area contributed by atoms with Gasteiger partial charge < -0.3 is 4.74 Å². The van der Waals surface area contributed by atoms with Gasteiger partial charge in [0.25, 0.3) is 0 Å². The average Bonchev–Trinajstić information content (AvgIpc) is 2.71. The van der Waals surface area contributed by atoms with Crippen LogP contribution >= 0.6 is 0 Å².